The normalized spacial score (nSPS) is 18.4. The molecule has 126 valence electrons. The molecule has 0 amide bonds. The first-order chi connectivity index (χ1) is 11.8. The number of fused-ring (bicyclic) bond motifs is 1. The van der Waals surface area contributed by atoms with Crippen molar-refractivity contribution in [3.63, 3.8) is 0 Å². The van der Waals surface area contributed by atoms with Gasteiger partial charge in [0, 0.05) is 38.3 Å². The SMILES string of the molecule is O=c1[nH]c(N2CCOCC2)nc2c1CCN(Cc1ccccc1)C2. The molecular formula is C18H22N4O2. The maximum Gasteiger partial charge on any atom is 0.255 e. The number of hydrogen-bond acceptors (Lipinski definition) is 5. The first-order valence-electron chi connectivity index (χ1n) is 8.50. The second-order valence-corrected chi connectivity index (χ2v) is 6.36. The fraction of sp³-hybridized carbons (Fsp3) is 0.444. The molecule has 1 aromatic carbocycles. The standard InChI is InChI=1S/C18H22N4O2/c23-17-15-6-7-21(12-14-4-2-1-3-5-14)13-16(15)19-18(20-17)22-8-10-24-11-9-22/h1-5H,6-13H2,(H,19,20,23). The van der Waals surface area contributed by atoms with E-state index in [-0.39, 0.29) is 5.56 Å². The summed E-state index contributed by atoms with van der Waals surface area (Å²) in [7, 11) is 0. The van der Waals surface area contributed by atoms with Gasteiger partial charge in [0.1, 0.15) is 0 Å². The van der Waals surface area contributed by atoms with Gasteiger partial charge in [0.25, 0.3) is 5.56 Å². The molecule has 2 aromatic rings. The van der Waals surface area contributed by atoms with Gasteiger partial charge in [0.05, 0.1) is 18.9 Å². The summed E-state index contributed by atoms with van der Waals surface area (Å²) in [5.74, 6) is 0.684. The number of H-pyrrole nitrogens is 1. The number of nitrogens with one attached hydrogen (secondary N) is 1. The summed E-state index contributed by atoms with van der Waals surface area (Å²) in [5.41, 5.74) is 3.07. The van der Waals surface area contributed by atoms with Crippen LogP contribution < -0.4 is 10.5 Å². The highest BCUT2D eigenvalue weighted by Crippen LogP contribution is 2.19. The van der Waals surface area contributed by atoms with Crippen LogP contribution in [0.1, 0.15) is 16.8 Å². The van der Waals surface area contributed by atoms with Crippen LogP contribution in [-0.4, -0.2) is 47.7 Å². The van der Waals surface area contributed by atoms with E-state index in [0.717, 1.165) is 50.4 Å². The van der Waals surface area contributed by atoms with Gasteiger partial charge in [-0.3, -0.25) is 14.7 Å². The molecule has 0 saturated carbocycles. The molecule has 0 spiro atoms. The van der Waals surface area contributed by atoms with Crippen LogP contribution in [0, 0.1) is 0 Å². The monoisotopic (exact) mass is 326 g/mol. The van der Waals surface area contributed by atoms with E-state index in [0.29, 0.717) is 19.2 Å². The van der Waals surface area contributed by atoms with Gasteiger partial charge in [0.15, 0.2) is 0 Å². The van der Waals surface area contributed by atoms with Crippen LogP contribution in [0.15, 0.2) is 35.1 Å². The van der Waals surface area contributed by atoms with Crippen molar-refractivity contribution < 1.29 is 4.74 Å². The third kappa shape index (κ3) is 3.20. The lowest BCUT2D eigenvalue weighted by Crippen LogP contribution is -2.40. The van der Waals surface area contributed by atoms with Gasteiger partial charge >= 0.3 is 0 Å². The largest absolute Gasteiger partial charge is 0.378 e. The van der Waals surface area contributed by atoms with Gasteiger partial charge in [0.2, 0.25) is 5.95 Å². The van der Waals surface area contributed by atoms with Crippen LogP contribution in [0.5, 0.6) is 0 Å². The highest BCUT2D eigenvalue weighted by Gasteiger charge is 2.23. The average molecular weight is 326 g/mol. The molecule has 6 nitrogen and oxygen atoms in total. The number of anilines is 1. The summed E-state index contributed by atoms with van der Waals surface area (Å²) in [5, 5.41) is 0. The Morgan fingerprint density at radius 1 is 1.12 bits per heavy atom. The Hall–Kier alpha value is -2.18. The highest BCUT2D eigenvalue weighted by atomic mass is 16.5. The Morgan fingerprint density at radius 3 is 2.71 bits per heavy atom. The van der Waals surface area contributed by atoms with E-state index in [1.807, 2.05) is 6.07 Å². The number of rotatable bonds is 3. The van der Waals surface area contributed by atoms with Crippen molar-refractivity contribution in [2.24, 2.45) is 0 Å². The maximum absolute atomic E-state index is 12.4. The predicted molar refractivity (Wildman–Crippen MR) is 92.1 cm³/mol. The lowest BCUT2D eigenvalue weighted by atomic mass is 10.1. The summed E-state index contributed by atoms with van der Waals surface area (Å²) in [6.45, 7) is 5.42. The smallest absolute Gasteiger partial charge is 0.255 e. The Kier molecular flexibility index (Phi) is 4.32. The summed E-state index contributed by atoms with van der Waals surface area (Å²) < 4.78 is 5.38. The molecule has 0 aliphatic carbocycles. The predicted octanol–water partition coefficient (Wildman–Crippen LogP) is 1.16. The van der Waals surface area contributed by atoms with Crippen molar-refractivity contribution in [1.82, 2.24) is 14.9 Å². The number of aromatic amines is 1. The topological polar surface area (TPSA) is 61.5 Å². The number of hydrogen-bond donors (Lipinski definition) is 1. The first kappa shape index (κ1) is 15.4. The average Bonchev–Trinajstić information content (AvgIpc) is 2.63. The number of ether oxygens (including phenoxy) is 1. The Labute approximate surface area is 141 Å². The van der Waals surface area contributed by atoms with Crippen molar-refractivity contribution in [3.8, 4) is 0 Å². The minimum atomic E-state index is 0.0147. The summed E-state index contributed by atoms with van der Waals surface area (Å²) >= 11 is 0. The quantitative estimate of drug-likeness (QED) is 0.917. The minimum absolute atomic E-state index is 0.0147. The molecule has 1 fully saturated rings. The molecular weight excluding hydrogens is 304 g/mol. The molecule has 0 bridgehead atoms. The molecule has 0 atom stereocenters. The van der Waals surface area contributed by atoms with Gasteiger partial charge in [-0.1, -0.05) is 30.3 Å². The third-order valence-corrected chi connectivity index (χ3v) is 4.70. The molecule has 4 rings (SSSR count). The fourth-order valence-corrected chi connectivity index (χ4v) is 3.38. The molecule has 3 heterocycles. The van der Waals surface area contributed by atoms with E-state index < -0.39 is 0 Å². The number of nitrogens with zero attached hydrogens (tertiary/aromatic N) is 3. The zero-order valence-corrected chi connectivity index (χ0v) is 13.7. The minimum Gasteiger partial charge on any atom is -0.378 e. The Morgan fingerprint density at radius 2 is 1.92 bits per heavy atom. The van der Waals surface area contributed by atoms with Crippen molar-refractivity contribution in [3.05, 3.63) is 57.5 Å². The third-order valence-electron chi connectivity index (χ3n) is 4.70. The number of benzene rings is 1. The van der Waals surface area contributed by atoms with Crippen LogP contribution in [0.2, 0.25) is 0 Å². The summed E-state index contributed by atoms with van der Waals surface area (Å²) in [6.07, 6.45) is 0.758. The zero-order chi connectivity index (χ0) is 16.4. The molecule has 1 saturated heterocycles. The molecule has 2 aliphatic rings. The molecule has 6 heteroatoms. The van der Waals surface area contributed by atoms with Gasteiger partial charge in [-0.2, -0.15) is 0 Å². The molecule has 24 heavy (non-hydrogen) atoms. The number of morpholine rings is 1. The first-order valence-corrected chi connectivity index (χ1v) is 8.50. The van der Waals surface area contributed by atoms with Crippen molar-refractivity contribution >= 4 is 5.95 Å². The summed E-state index contributed by atoms with van der Waals surface area (Å²) in [4.78, 5) is 24.6. The van der Waals surface area contributed by atoms with E-state index in [1.165, 1.54) is 5.56 Å². The lowest BCUT2D eigenvalue weighted by molar-refractivity contribution is 0.122. The molecule has 0 unspecified atom stereocenters. The van der Waals surface area contributed by atoms with E-state index in [4.69, 9.17) is 9.72 Å². The van der Waals surface area contributed by atoms with Crippen molar-refractivity contribution in [2.75, 3.05) is 37.7 Å². The van der Waals surface area contributed by atoms with E-state index in [9.17, 15) is 4.79 Å². The van der Waals surface area contributed by atoms with E-state index in [2.05, 4.69) is 39.0 Å². The second kappa shape index (κ2) is 6.75. The lowest BCUT2D eigenvalue weighted by Gasteiger charge is -2.30. The van der Waals surface area contributed by atoms with Crippen molar-refractivity contribution in [1.29, 1.82) is 0 Å². The van der Waals surface area contributed by atoms with Crippen LogP contribution in [0.25, 0.3) is 0 Å². The van der Waals surface area contributed by atoms with Gasteiger partial charge < -0.3 is 9.64 Å². The summed E-state index contributed by atoms with van der Waals surface area (Å²) in [6, 6.07) is 10.4. The van der Waals surface area contributed by atoms with Gasteiger partial charge in [-0.05, 0) is 12.0 Å². The maximum atomic E-state index is 12.4. The van der Waals surface area contributed by atoms with Crippen LogP contribution in [0.3, 0.4) is 0 Å². The molecule has 1 aromatic heterocycles. The zero-order valence-electron chi connectivity index (χ0n) is 13.7. The van der Waals surface area contributed by atoms with E-state index in [1.54, 1.807) is 0 Å². The highest BCUT2D eigenvalue weighted by molar-refractivity contribution is 5.34. The van der Waals surface area contributed by atoms with E-state index >= 15 is 0 Å². The number of aromatic nitrogens is 2. The van der Waals surface area contributed by atoms with Crippen LogP contribution in [-0.2, 0) is 24.2 Å². The van der Waals surface area contributed by atoms with Gasteiger partial charge in [-0.15, -0.1) is 0 Å². The van der Waals surface area contributed by atoms with Crippen LogP contribution in [0.4, 0.5) is 5.95 Å². The Balaban J connectivity index is 1.55. The fourth-order valence-electron chi connectivity index (χ4n) is 3.38. The molecule has 1 N–H and O–H groups in total. The van der Waals surface area contributed by atoms with Crippen LogP contribution >= 0.6 is 0 Å². The van der Waals surface area contributed by atoms with Gasteiger partial charge in [-0.25, -0.2) is 4.98 Å². The molecule has 2 aliphatic heterocycles. The van der Waals surface area contributed by atoms with Crippen molar-refractivity contribution in [2.45, 2.75) is 19.5 Å². The second-order valence-electron chi connectivity index (χ2n) is 6.36. The Bertz CT molecular complexity index is 753. The molecule has 0 radical (unpaired) electrons.